The highest BCUT2D eigenvalue weighted by Gasteiger charge is 2.14. The normalized spacial score (nSPS) is 10.6. The second kappa shape index (κ2) is 9.62. The quantitative estimate of drug-likeness (QED) is 0.609. The van der Waals surface area contributed by atoms with Crippen LogP contribution in [-0.2, 0) is 6.42 Å². The third-order valence-corrected chi connectivity index (χ3v) is 4.74. The lowest BCUT2D eigenvalue weighted by Crippen LogP contribution is -2.37. The summed E-state index contributed by atoms with van der Waals surface area (Å²) in [7, 11) is 0. The van der Waals surface area contributed by atoms with Crippen molar-refractivity contribution in [3.8, 4) is 0 Å². The maximum Gasteiger partial charge on any atom is 0.321 e. The highest BCUT2D eigenvalue weighted by atomic mass is 79.9. The zero-order chi connectivity index (χ0) is 18.2. The first-order valence-electron chi connectivity index (χ1n) is 8.87. The Morgan fingerprint density at radius 1 is 1.12 bits per heavy atom. The van der Waals surface area contributed by atoms with Crippen molar-refractivity contribution in [1.82, 2.24) is 4.90 Å². The van der Waals surface area contributed by atoms with E-state index in [1.165, 1.54) is 11.1 Å². The fourth-order valence-electron chi connectivity index (χ4n) is 2.77. The van der Waals surface area contributed by atoms with E-state index < -0.39 is 0 Å². The summed E-state index contributed by atoms with van der Waals surface area (Å²) in [6, 6.07) is 14.3. The largest absolute Gasteiger partial charge is 0.324 e. The van der Waals surface area contributed by atoms with Gasteiger partial charge in [-0.15, -0.1) is 0 Å². The molecular weight excluding hydrogens is 376 g/mol. The molecule has 2 rings (SSSR count). The summed E-state index contributed by atoms with van der Waals surface area (Å²) in [5, 5.41) is 3.07. The van der Waals surface area contributed by atoms with Crippen LogP contribution in [0.1, 0.15) is 36.5 Å². The summed E-state index contributed by atoms with van der Waals surface area (Å²) in [5.74, 6) is 0. The number of carbonyl (C=O) groups is 1. The molecule has 0 fully saturated rings. The summed E-state index contributed by atoms with van der Waals surface area (Å²) in [5.41, 5.74) is 4.42. The van der Waals surface area contributed by atoms with Crippen molar-refractivity contribution in [2.75, 3.05) is 18.4 Å². The van der Waals surface area contributed by atoms with Crippen LogP contribution in [-0.4, -0.2) is 24.0 Å². The third kappa shape index (κ3) is 6.20. The number of unbranched alkanes of at least 4 members (excludes halogenated alkanes) is 1. The molecule has 0 aliphatic heterocycles. The van der Waals surface area contributed by atoms with Crippen LogP contribution in [0.25, 0.3) is 0 Å². The van der Waals surface area contributed by atoms with Gasteiger partial charge in [-0.3, -0.25) is 0 Å². The van der Waals surface area contributed by atoms with E-state index in [1.54, 1.807) is 0 Å². The Kier molecular flexibility index (Phi) is 7.51. The molecule has 0 saturated carbocycles. The predicted molar refractivity (Wildman–Crippen MR) is 109 cm³/mol. The molecule has 0 aliphatic rings. The van der Waals surface area contributed by atoms with Gasteiger partial charge in [0.05, 0.1) is 0 Å². The molecule has 0 aliphatic carbocycles. The van der Waals surface area contributed by atoms with Crippen molar-refractivity contribution >= 4 is 27.6 Å². The molecular formula is C21H27BrN2O. The molecule has 4 heteroatoms. The highest BCUT2D eigenvalue weighted by Crippen LogP contribution is 2.17. The molecule has 2 aromatic carbocycles. The van der Waals surface area contributed by atoms with Gasteiger partial charge < -0.3 is 10.2 Å². The molecule has 1 N–H and O–H groups in total. The zero-order valence-electron chi connectivity index (χ0n) is 15.3. The van der Waals surface area contributed by atoms with Crippen LogP contribution in [0.3, 0.4) is 0 Å². The zero-order valence-corrected chi connectivity index (χ0v) is 16.9. The van der Waals surface area contributed by atoms with Crippen LogP contribution >= 0.6 is 15.9 Å². The lowest BCUT2D eigenvalue weighted by Gasteiger charge is -2.23. The number of nitrogens with zero attached hydrogens (tertiary/aromatic N) is 1. The maximum absolute atomic E-state index is 12.7. The van der Waals surface area contributed by atoms with Crippen LogP contribution in [0.2, 0.25) is 0 Å². The van der Waals surface area contributed by atoms with E-state index in [4.69, 9.17) is 0 Å². The lowest BCUT2D eigenvalue weighted by molar-refractivity contribution is 0.211. The Labute approximate surface area is 159 Å². The number of halogens is 1. The van der Waals surface area contributed by atoms with Gasteiger partial charge in [-0.2, -0.15) is 0 Å². The van der Waals surface area contributed by atoms with Crippen molar-refractivity contribution < 1.29 is 4.79 Å². The van der Waals surface area contributed by atoms with E-state index in [9.17, 15) is 4.79 Å². The number of anilines is 1. The molecule has 0 heterocycles. The number of amides is 2. The van der Waals surface area contributed by atoms with E-state index in [0.717, 1.165) is 41.5 Å². The Morgan fingerprint density at radius 2 is 1.92 bits per heavy atom. The van der Waals surface area contributed by atoms with E-state index in [-0.39, 0.29) is 6.03 Å². The molecule has 2 amide bonds. The Morgan fingerprint density at radius 3 is 2.60 bits per heavy atom. The maximum atomic E-state index is 12.7. The van der Waals surface area contributed by atoms with Gasteiger partial charge in [0, 0.05) is 23.2 Å². The number of urea groups is 1. The van der Waals surface area contributed by atoms with Crippen molar-refractivity contribution in [3.63, 3.8) is 0 Å². The number of benzene rings is 2. The summed E-state index contributed by atoms with van der Waals surface area (Å²) >= 11 is 3.51. The Hall–Kier alpha value is -1.81. The van der Waals surface area contributed by atoms with Gasteiger partial charge in [0.2, 0.25) is 0 Å². The summed E-state index contributed by atoms with van der Waals surface area (Å²) in [6.07, 6.45) is 2.94. The minimum Gasteiger partial charge on any atom is -0.324 e. The van der Waals surface area contributed by atoms with Gasteiger partial charge in [-0.25, -0.2) is 4.79 Å². The molecule has 0 spiro atoms. The topological polar surface area (TPSA) is 32.3 Å². The van der Waals surface area contributed by atoms with Gasteiger partial charge in [-0.1, -0.05) is 59.1 Å². The lowest BCUT2D eigenvalue weighted by atomic mass is 10.1. The summed E-state index contributed by atoms with van der Waals surface area (Å²) < 4.78 is 1.07. The molecule has 2 aromatic rings. The second-order valence-electron chi connectivity index (χ2n) is 6.47. The van der Waals surface area contributed by atoms with E-state index in [0.29, 0.717) is 6.54 Å². The highest BCUT2D eigenvalue weighted by molar-refractivity contribution is 9.10. The number of aryl methyl sites for hydroxylation is 2. The van der Waals surface area contributed by atoms with E-state index in [2.05, 4.69) is 53.3 Å². The van der Waals surface area contributed by atoms with Crippen LogP contribution in [0.15, 0.2) is 46.9 Å². The molecule has 0 saturated heterocycles. The van der Waals surface area contributed by atoms with E-state index in [1.807, 2.05) is 36.1 Å². The SMILES string of the molecule is CCCCN(CCc1cccc(Br)c1)C(=O)Nc1ccc(C)cc1C. The summed E-state index contributed by atoms with van der Waals surface area (Å²) in [6.45, 7) is 7.73. The van der Waals surface area contributed by atoms with Crippen LogP contribution < -0.4 is 5.32 Å². The van der Waals surface area contributed by atoms with Crippen molar-refractivity contribution in [2.24, 2.45) is 0 Å². The fourth-order valence-corrected chi connectivity index (χ4v) is 3.22. The first-order chi connectivity index (χ1) is 12.0. The molecule has 0 unspecified atom stereocenters. The van der Waals surface area contributed by atoms with Gasteiger partial charge in [-0.05, 0) is 56.0 Å². The van der Waals surface area contributed by atoms with Gasteiger partial charge >= 0.3 is 6.03 Å². The van der Waals surface area contributed by atoms with Gasteiger partial charge in [0.25, 0.3) is 0 Å². The van der Waals surface area contributed by atoms with Crippen LogP contribution in [0, 0.1) is 13.8 Å². The minimum atomic E-state index is -0.0181. The van der Waals surface area contributed by atoms with E-state index >= 15 is 0 Å². The smallest absolute Gasteiger partial charge is 0.321 e. The van der Waals surface area contributed by atoms with Crippen molar-refractivity contribution in [2.45, 2.75) is 40.0 Å². The number of hydrogen-bond donors (Lipinski definition) is 1. The molecule has 0 radical (unpaired) electrons. The Balaban J connectivity index is 2.03. The third-order valence-electron chi connectivity index (χ3n) is 4.25. The summed E-state index contributed by atoms with van der Waals surface area (Å²) in [4.78, 5) is 14.7. The standard InChI is InChI=1S/C21H27BrN2O/c1-4-5-12-24(13-11-18-7-6-8-19(22)15-18)21(25)23-20-10-9-16(2)14-17(20)3/h6-10,14-15H,4-5,11-13H2,1-3H3,(H,23,25). The molecule has 0 aromatic heterocycles. The second-order valence-corrected chi connectivity index (χ2v) is 7.38. The van der Waals surface area contributed by atoms with Gasteiger partial charge in [0.15, 0.2) is 0 Å². The average Bonchev–Trinajstić information content (AvgIpc) is 2.57. The number of hydrogen-bond acceptors (Lipinski definition) is 1. The first kappa shape index (κ1) is 19.5. The van der Waals surface area contributed by atoms with Crippen molar-refractivity contribution in [3.05, 3.63) is 63.6 Å². The fraction of sp³-hybridized carbons (Fsp3) is 0.381. The number of rotatable bonds is 7. The molecule has 25 heavy (non-hydrogen) atoms. The Bertz CT molecular complexity index is 715. The molecule has 3 nitrogen and oxygen atoms in total. The molecule has 134 valence electrons. The van der Waals surface area contributed by atoms with Crippen molar-refractivity contribution in [1.29, 1.82) is 0 Å². The van der Waals surface area contributed by atoms with Crippen LogP contribution in [0.5, 0.6) is 0 Å². The average molecular weight is 403 g/mol. The first-order valence-corrected chi connectivity index (χ1v) is 9.66. The number of carbonyl (C=O) groups excluding carboxylic acids is 1. The monoisotopic (exact) mass is 402 g/mol. The molecule has 0 atom stereocenters. The predicted octanol–water partition coefficient (Wildman–Crippen LogP) is 5.94. The number of nitrogens with one attached hydrogen (secondary N) is 1. The van der Waals surface area contributed by atoms with Gasteiger partial charge in [0.1, 0.15) is 0 Å². The molecule has 0 bridgehead atoms. The minimum absolute atomic E-state index is 0.0181. The van der Waals surface area contributed by atoms with Crippen LogP contribution in [0.4, 0.5) is 10.5 Å².